The van der Waals surface area contributed by atoms with Gasteiger partial charge in [0.1, 0.15) is 11.5 Å². The molecule has 6 heteroatoms. The number of hydrogen-bond acceptors (Lipinski definition) is 2. The number of hydrogen-bond donors (Lipinski definition) is 2. The molecule has 1 amide bonds. The minimum atomic E-state index is -0.601. The molecule has 0 bridgehead atoms. The minimum Gasteiger partial charge on any atom is -0.364 e. The molecule has 1 heterocycles. The topological polar surface area (TPSA) is 71.8 Å². The van der Waals surface area contributed by atoms with Crippen molar-refractivity contribution in [2.45, 2.75) is 0 Å². The van der Waals surface area contributed by atoms with Gasteiger partial charge in [-0.1, -0.05) is 6.07 Å². The van der Waals surface area contributed by atoms with Crippen molar-refractivity contribution in [3.63, 3.8) is 0 Å². The summed E-state index contributed by atoms with van der Waals surface area (Å²) in [5.74, 6) is -0.988. The minimum absolute atomic E-state index is 0.193. The molecule has 0 saturated heterocycles. The van der Waals surface area contributed by atoms with Gasteiger partial charge >= 0.3 is 0 Å². The predicted octanol–water partition coefficient (Wildman–Crippen LogP) is 2.08. The van der Waals surface area contributed by atoms with Crippen molar-refractivity contribution >= 4 is 21.8 Å². The monoisotopic (exact) mass is 283 g/mol. The Morgan fingerprint density at radius 1 is 1.44 bits per heavy atom. The summed E-state index contributed by atoms with van der Waals surface area (Å²) in [6, 6.07) is 6.06. The highest BCUT2D eigenvalue weighted by Crippen LogP contribution is 2.23. The first-order chi connectivity index (χ1) is 7.58. The van der Waals surface area contributed by atoms with Crippen molar-refractivity contribution in [2.24, 2.45) is 5.73 Å². The second kappa shape index (κ2) is 4.05. The highest BCUT2D eigenvalue weighted by Gasteiger charge is 2.09. The third-order valence-corrected chi connectivity index (χ3v) is 2.70. The summed E-state index contributed by atoms with van der Waals surface area (Å²) in [6.07, 6.45) is 0. The molecule has 0 spiro atoms. The van der Waals surface area contributed by atoms with Gasteiger partial charge in [0, 0.05) is 5.56 Å². The van der Waals surface area contributed by atoms with Gasteiger partial charge in [0.2, 0.25) is 0 Å². The summed E-state index contributed by atoms with van der Waals surface area (Å²) in [6.45, 7) is 0. The highest BCUT2D eigenvalue weighted by molar-refractivity contribution is 9.10. The number of nitrogens with two attached hydrogens (primary N) is 1. The quantitative estimate of drug-likeness (QED) is 0.886. The summed E-state index contributed by atoms with van der Waals surface area (Å²) in [5, 5.41) is 6.35. The third-order valence-electron chi connectivity index (χ3n) is 2.06. The number of carbonyl (C=O) groups excluding carboxylic acids is 1. The van der Waals surface area contributed by atoms with Crippen LogP contribution in [0, 0.1) is 5.82 Å². The largest absolute Gasteiger partial charge is 0.364 e. The van der Waals surface area contributed by atoms with E-state index in [9.17, 15) is 9.18 Å². The average Bonchev–Trinajstić information content (AvgIpc) is 2.71. The second-order valence-electron chi connectivity index (χ2n) is 3.16. The molecule has 0 aliphatic heterocycles. The van der Waals surface area contributed by atoms with Crippen LogP contribution in [0.5, 0.6) is 0 Å². The summed E-state index contributed by atoms with van der Waals surface area (Å²) >= 11 is 3.05. The number of halogens is 2. The molecule has 0 unspecified atom stereocenters. The SMILES string of the molecule is NC(=O)c1cc(-c2ccc(Br)c(F)c2)n[nH]1. The van der Waals surface area contributed by atoms with E-state index < -0.39 is 5.91 Å². The average molecular weight is 284 g/mol. The Morgan fingerprint density at radius 3 is 2.75 bits per heavy atom. The second-order valence-corrected chi connectivity index (χ2v) is 4.01. The first-order valence-corrected chi connectivity index (χ1v) is 5.18. The van der Waals surface area contributed by atoms with Crippen LogP contribution in [-0.2, 0) is 0 Å². The van der Waals surface area contributed by atoms with Crippen LogP contribution in [0.4, 0.5) is 4.39 Å². The molecule has 2 rings (SSSR count). The number of rotatable bonds is 2. The van der Waals surface area contributed by atoms with Gasteiger partial charge < -0.3 is 5.73 Å². The number of aromatic amines is 1. The highest BCUT2D eigenvalue weighted by atomic mass is 79.9. The van der Waals surface area contributed by atoms with Gasteiger partial charge in [0.05, 0.1) is 10.2 Å². The first-order valence-electron chi connectivity index (χ1n) is 4.38. The van der Waals surface area contributed by atoms with Crippen molar-refractivity contribution in [3.8, 4) is 11.3 Å². The molecular weight excluding hydrogens is 277 g/mol. The number of aromatic nitrogens is 2. The Morgan fingerprint density at radius 2 is 2.19 bits per heavy atom. The van der Waals surface area contributed by atoms with Gasteiger partial charge in [0.15, 0.2) is 0 Å². The Labute approximate surface area is 98.8 Å². The van der Waals surface area contributed by atoms with Crippen molar-refractivity contribution in [1.82, 2.24) is 10.2 Å². The van der Waals surface area contributed by atoms with E-state index in [0.717, 1.165) is 0 Å². The normalized spacial score (nSPS) is 10.4. The number of carbonyl (C=O) groups is 1. The van der Waals surface area contributed by atoms with Gasteiger partial charge in [-0.25, -0.2) is 4.39 Å². The molecule has 2 aromatic rings. The lowest BCUT2D eigenvalue weighted by Crippen LogP contribution is -2.10. The van der Waals surface area contributed by atoms with Gasteiger partial charge in [-0.15, -0.1) is 0 Å². The van der Waals surface area contributed by atoms with Gasteiger partial charge in [-0.05, 0) is 34.1 Å². The van der Waals surface area contributed by atoms with Crippen molar-refractivity contribution < 1.29 is 9.18 Å². The Kier molecular flexibility index (Phi) is 2.74. The molecule has 3 N–H and O–H groups in total. The molecule has 82 valence electrons. The molecule has 4 nitrogen and oxygen atoms in total. The van der Waals surface area contributed by atoms with Crippen LogP contribution >= 0.6 is 15.9 Å². The van der Waals surface area contributed by atoms with E-state index in [0.29, 0.717) is 15.7 Å². The molecule has 0 aliphatic carbocycles. The van der Waals surface area contributed by atoms with E-state index in [1.807, 2.05) is 0 Å². The molecule has 1 aromatic carbocycles. The molecule has 16 heavy (non-hydrogen) atoms. The van der Waals surface area contributed by atoms with E-state index in [-0.39, 0.29) is 11.5 Å². The first kappa shape index (κ1) is 10.8. The number of amides is 1. The van der Waals surface area contributed by atoms with Crippen molar-refractivity contribution in [3.05, 3.63) is 40.2 Å². The lowest BCUT2D eigenvalue weighted by Gasteiger charge is -1.97. The molecular formula is C10H7BrFN3O. The Balaban J connectivity index is 2.42. The van der Waals surface area contributed by atoms with Crippen LogP contribution in [-0.4, -0.2) is 16.1 Å². The number of H-pyrrole nitrogens is 1. The molecule has 0 fully saturated rings. The predicted molar refractivity (Wildman–Crippen MR) is 60.2 cm³/mol. The number of primary amides is 1. The molecule has 0 atom stereocenters. The fraction of sp³-hybridized carbons (Fsp3) is 0. The van der Waals surface area contributed by atoms with Crippen molar-refractivity contribution in [1.29, 1.82) is 0 Å². The smallest absolute Gasteiger partial charge is 0.266 e. The van der Waals surface area contributed by atoms with E-state index in [2.05, 4.69) is 26.1 Å². The molecule has 1 aromatic heterocycles. The number of nitrogens with zero attached hydrogens (tertiary/aromatic N) is 1. The zero-order valence-electron chi connectivity index (χ0n) is 8.00. The molecule has 0 saturated carbocycles. The fourth-order valence-electron chi connectivity index (χ4n) is 1.25. The van der Waals surface area contributed by atoms with Crippen LogP contribution in [0.25, 0.3) is 11.3 Å². The summed E-state index contributed by atoms with van der Waals surface area (Å²) in [7, 11) is 0. The van der Waals surface area contributed by atoms with Crippen LogP contribution in [0.1, 0.15) is 10.5 Å². The van der Waals surface area contributed by atoms with Crippen molar-refractivity contribution in [2.75, 3.05) is 0 Å². The van der Waals surface area contributed by atoms with Crippen LogP contribution in [0.15, 0.2) is 28.7 Å². The third kappa shape index (κ3) is 1.96. The summed E-state index contributed by atoms with van der Waals surface area (Å²) in [4.78, 5) is 10.8. The van der Waals surface area contributed by atoms with Gasteiger partial charge in [0.25, 0.3) is 5.91 Å². The van der Waals surface area contributed by atoms with E-state index in [4.69, 9.17) is 5.73 Å². The Bertz CT molecular complexity index is 553. The number of nitrogens with one attached hydrogen (secondary N) is 1. The zero-order chi connectivity index (χ0) is 11.7. The zero-order valence-corrected chi connectivity index (χ0v) is 9.58. The summed E-state index contributed by atoms with van der Waals surface area (Å²) in [5.41, 5.74) is 6.31. The summed E-state index contributed by atoms with van der Waals surface area (Å²) < 4.78 is 13.6. The number of benzene rings is 1. The maximum absolute atomic E-state index is 13.3. The Hall–Kier alpha value is -1.69. The van der Waals surface area contributed by atoms with Crippen LogP contribution < -0.4 is 5.73 Å². The lowest BCUT2D eigenvalue weighted by atomic mass is 10.1. The lowest BCUT2D eigenvalue weighted by molar-refractivity contribution is 0.0995. The fourth-order valence-corrected chi connectivity index (χ4v) is 1.50. The standard InChI is InChI=1S/C10H7BrFN3O/c11-6-2-1-5(3-7(6)12)8-4-9(10(13)16)15-14-8/h1-4H,(H2,13,16)(H,14,15). The maximum Gasteiger partial charge on any atom is 0.266 e. The van der Waals surface area contributed by atoms with Gasteiger partial charge in [-0.2, -0.15) is 5.10 Å². The van der Waals surface area contributed by atoms with Crippen LogP contribution in [0.3, 0.4) is 0 Å². The maximum atomic E-state index is 13.3. The molecule has 0 radical (unpaired) electrons. The van der Waals surface area contributed by atoms with E-state index in [1.165, 1.54) is 12.1 Å². The van der Waals surface area contributed by atoms with Crippen LogP contribution in [0.2, 0.25) is 0 Å². The van der Waals surface area contributed by atoms with E-state index in [1.54, 1.807) is 12.1 Å². The van der Waals surface area contributed by atoms with E-state index >= 15 is 0 Å². The molecule has 0 aliphatic rings. The van der Waals surface area contributed by atoms with Gasteiger partial charge in [-0.3, -0.25) is 9.89 Å².